The van der Waals surface area contributed by atoms with Gasteiger partial charge in [-0.25, -0.2) is 0 Å². The lowest BCUT2D eigenvalue weighted by molar-refractivity contribution is -0.137. The maximum absolute atomic E-state index is 12.8. The number of carbonyl (C=O) groups excluding carboxylic acids is 2. The summed E-state index contributed by atoms with van der Waals surface area (Å²) in [6.07, 6.45) is -0.484. The standard InChI is InChI=1S/C22H21F3N2O2/c23-22(24,25)18-8-4-5-16(15-18)9-10-20(28)27-13-11-19(12-14-27)26-21(29)17-6-2-1-3-7-17/h1-10,15,19H,11-14H2,(H,26,29)/b10-9+. The van der Waals surface area contributed by atoms with Crippen molar-refractivity contribution < 1.29 is 22.8 Å². The number of hydrogen-bond donors (Lipinski definition) is 1. The highest BCUT2D eigenvalue weighted by atomic mass is 19.4. The predicted molar refractivity (Wildman–Crippen MR) is 104 cm³/mol. The molecule has 0 unspecified atom stereocenters. The van der Waals surface area contributed by atoms with E-state index in [4.69, 9.17) is 0 Å². The molecule has 3 rings (SSSR count). The van der Waals surface area contributed by atoms with Gasteiger partial charge in [-0.1, -0.05) is 30.3 Å². The monoisotopic (exact) mass is 402 g/mol. The van der Waals surface area contributed by atoms with Crippen molar-refractivity contribution in [2.75, 3.05) is 13.1 Å². The van der Waals surface area contributed by atoms with Crippen LogP contribution in [0.1, 0.15) is 34.3 Å². The van der Waals surface area contributed by atoms with Crippen molar-refractivity contribution in [2.45, 2.75) is 25.1 Å². The minimum Gasteiger partial charge on any atom is -0.349 e. The van der Waals surface area contributed by atoms with Crippen molar-refractivity contribution in [3.63, 3.8) is 0 Å². The smallest absolute Gasteiger partial charge is 0.349 e. The summed E-state index contributed by atoms with van der Waals surface area (Å²) in [6.45, 7) is 0.955. The fraction of sp³-hybridized carbons (Fsp3) is 0.273. The molecule has 1 aliphatic heterocycles. The molecule has 29 heavy (non-hydrogen) atoms. The molecule has 0 aliphatic carbocycles. The van der Waals surface area contributed by atoms with Crippen molar-refractivity contribution >= 4 is 17.9 Å². The lowest BCUT2D eigenvalue weighted by Crippen LogP contribution is -2.46. The van der Waals surface area contributed by atoms with Gasteiger partial charge in [-0.05, 0) is 48.7 Å². The number of hydrogen-bond acceptors (Lipinski definition) is 2. The van der Waals surface area contributed by atoms with Crippen LogP contribution < -0.4 is 5.32 Å². The van der Waals surface area contributed by atoms with Crippen molar-refractivity contribution in [1.82, 2.24) is 10.2 Å². The molecule has 0 saturated carbocycles. The van der Waals surface area contributed by atoms with Crippen LogP contribution in [0, 0.1) is 0 Å². The zero-order valence-corrected chi connectivity index (χ0v) is 15.7. The lowest BCUT2D eigenvalue weighted by Gasteiger charge is -2.31. The zero-order chi connectivity index (χ0) is 20.9. The van der Waals surface area contributed by atoms with Gasteiger partial charge in [0.1, 0.15) is 0 Å². The Balaban J connectivity index is 1.51. The topological polar surface area (TPSA) is 49.4 Å². The third kappa shape index (κ3) is 5.70. The van der Waals surface area contributed by atoms with Gasteiger partial charge < -0.3 is 10.2 Å². The minimum absolute atomic E-state index is 0.0146. The van der Waals surface area contributed by atoms with Gasteiger partial charge in [0.15, 0.2) is 0 Å². The number of carbonyl (C=O) groups is 2. The molecule has 1 aliphatic rings. The summed E-state index contributed by atoms with van der Waals surface area (Å²) in [7, 11) is 0. The van der Waals surface area contributed by atoms with Crippen LogP contribution in [0.15, 0.2) is 60.7 Å². The van der Waals surface area contributed by atoms with E-state index in [0.29, 0.717) is 37.1 Å². The van der Waals surface area contributed by atoms with Crippen molar-refractivity contribution in [1.29, 1.82) is 0 Å². The van der Waals surface area contributed by atoms with Gasteiger partial charge in [0, 0.05) is 30.8 Å². The van der Waals surface area contributed by atoms with Gasteiger partial charge in [-0.2, -0.15) is 13.2 Å². The highest BCUT2D eigenvalue weighted by Crippen LogP contribution is 2.29. The number of halogens is 3. The summed E-state index contributed by atoms with van der Waals surface area (Å²) in [5, 5.41) is 2.97. The largest absolute Gasteiger partial charge is 0.416 e. The van der Waals surface area contributed by atoms with Gasteiger partial charge in [-0.15, -0.1) is 0 Å². The summed E-state index contributed by atoms with van der Waals surface area (Å²) in [5.41, 5.74) is 0.162. The summed E-state index contributed by atoms with van der Waals surface area (Å²) < 4.78 is 38.3. The Morgan fingerprint density at radius 3 is 2.34 bits per heavy atom. The Bertz CT molecular complexity index is 886. The fourth-order valence-electron chi connectivity index (χ4n) is 3.19. The molecule has 0 radical (unpaired) electrons. The van der Waals surface area contributed by atoms with Crippen molar-refractivity contribution in [3.8, 4) is 0 Å². The number of piperidine rings is 1. The Morgan fingerprint density at radius 1 is 1.00 bits per heavy atom. The molecule has 2 amide bonds. The third-order valence-electron chi connectivity index (χ3n) is 4.81. The Morgan fingerprint density at radius 2 is 1.69 bits per heavy atom. The number of likely N-dealkylation sites (tertiary alicyclic amines) is 1. The van der Waals surface area contributed by atoms with Crippen molar-refractivity contribution in [2.24, 2.45) is 0 Å². The van der Waals surface area contributed by atoms with Gasteiger partial charge in [0.2, 0.25) is 5.91 Å². The molecule has 1 N–H and O–H groups in total. The van der Waals surface area contributed by atoms with E-state index >= 15 is 0 Å². The molecule has 2 aromatic carbocycles. The normalized spacial score (nSPS) is 15.5. The number of nitrogens with zero attached hydrogens (tertiary/aromatic N) is 1. The SMILES string of the molecule is O=C(NC1CCN(C(=O)/C=C/c2cccc(C(F)(F)F)c2)CC1)c1ccccc1. The summed E-state index contributed by atoms with van der Waals surface area (Å²) in [5.74, 6) is -0.393. The Hall–Kier alpha value is -3.09. The summed E-state index contributed by atoms with van der Waals surface area (Å²) in [4.78, 5) is 26.2. The van der Waals surface area contributed by atoms with Crippen LogP contribution in [0.4, 0.5) is 13.2 Å². The van der Waals surface area contributed by atoms with Gasteiger partial charge >= 0.3 is 6.18 Å². The first kappa shape index (κ1) is 20.6. The van der Waals surface area contributed by atoms with Crippen LogP contribution in [0.5, 0.6) is 0 Å². The average molecular weight is 402 g/mol. The first-order chi connectivity index (χ1) is 13.8. The maximum atomic E-state index is 12.8. The molecular weight excluding hydrogens is 381 g/mol. The van der Waals surface area contributed by atoms with Crippen LogP contribution in [0.3, 0.4) is 0 Å². The Labute approximate surface area is 167 Å². The minimum atomic E-state index is -4.42. The summed E-state index contributed by atoms with van der Waals surface area (Å²) in [6, 6.07) is 13.7. The van der Waals surface area contributed by atoms with Gasteiger partial charge in [0.05, 0.1) is 5.56 Å². The molecule has 0 spiro atoms. The molecule has 152 valence electrons. The first-order valence-electron chi connectivity index (χ1n) is 9.33. The van der Waals surface area contributed by atoms with E-state index in [1.807, 2.05) is 6.07 Å². The number of alkyl halides is 3. The lowest BCUT2D eigenvalue weighted by atomic mass is 10.0. The van der Waals surface area contributed by atoms with Crippen LogP contribution >= 0.6 is 0 Å². The van der Waals surface area contributed by atoms with Crippen LogP contribution in [-0.2, 0) is 11.0 Å². The van der Waals surface area contributed by atoms with E-state index in [-0.39, 0.29) is 17.9 Å². The molecule has 0 bridgehead atoms. The first-order valence-corrected chi connectivity index (χ1v) is 9.33. The van der Waals surface area contributed by atoms with E-state index in [0.717, 1.165) is 12.1 Å². The Kier molecular flexibility index (Phi) is 6.36. The second-order valence-corrected chi connectivity index (χ2v) is 6.90. The van der Waals surface area contributed by atoms with Crippen LogP contribution in [-0.4, -0.2) is 35.8 Å². The molecule has 1 heterocycles. The van der Waals surface area contributed by atoms with E-state index in [1.54, 1.807) is 29.2 Å². The predicted octanol–water partition coefficient (Wildman–Crippen LogP) is 4.14. The second kappa shape index (κ2) is 8.94. The van der Waals surface area contributed by atoms with E-state index in [2.05, 4.69) is 5.32 Å². The number of rotatable bonds is 4. The van der Waals surface area contributed by atoms with Crippen molar-refractivity contribution in [3.05, 3.63) is 77.4 Å². The zero-order valence-electron chi connectivity index (χ0n) is 15.7. The second-order valence-electron chi connectivity index (χ2n) is 6.90. The molecule has 0 atom stereocenters. The molecular formula is C22H21F3N2O2. The average Bonchev–Trinajstić information content (AvgIpc) is 2.73. The third-order valence-corrected chi connectivity index (χ3v) is 4.81. The van der Waals surface area contributed by atoms with E-state index < -0.39 is 11.7 Å². The molecule has 0 aromatic heterocycles. The van der Waals surface area contributed by atoms with Crippen LogP contribution in [0.2, 0.25) is 0 Å². The van der Waals surface area contributed by atoms with Crippen LogP contribution in [0.25, 0.3) is 6.08 Å². The van der Waals surface area contributed by atoms with E-state index in [1.165, 1.54) is 24.3 Å². The molecule has 7 heteroatoms. The number of nitrogens with one attached hydrogen (secondary N) is 1. The van der Waals surface area contributed by atoms with Gasteiger partial charge in [-0.3, -0.25) is 9.59 Å². The number of benzene rings is 2. The summed E-state index contributed by atoms with van der Waals surface area (Å²) >= 11 is 0. The van der Waals surface area contributed by atoms with E-state index in [9.17, 15) is 22.8 Å². The number of amides is 2. The molecule has 1 fully saturated rings. The fourth-order valence-corrected chi connectivity index (χ4v) is 3.19. The molecule has 4 nitrogen and oxygen atoms in total. The van der Waals surface area contributed by atoms with Gasteiger partial charge in [0.25, 0.3) is 5.91 Å². The molecule has 1 saturated heterocycles. The maximum Gasteiger partial charge on any atom is 0.416 e. The quantitative estimate of drug-likeness (QED) is 0.782. The highest BCUT2D eigenvalue weighted by molar-refractivity contribution is 5.94. The highest BCUT2D eigenvalue weighted by Gasteiger charge is 2.30. The molecule has 2 aromatic rings.